The van der Waals surface area contributed by atoms with E-state index in [4.69, 9.17) is 0 Å². The van der Waals surface area contributed by atoms with Crippen LogP contribution in [0.15, 0.2) is 84.9 Å². The predicted molar refractivity (Wildman–Crippen MR) is 116 cm³/mol. The van der Waals surface area contributed by atoms with Crippen LogP contribution in [-0.4, -0.2) is 16.1 Å². The van der Waals surface area contributed by atoms with Gasteiger partial charge in [-0.1, -0.05) is 18.2 Å². The molecule has 0 radical (unpaired) electrons. The average Bonchev–Trinajstić information content (AvgIpc) is 2.75. The van der Waals surface area contributed by atoms with Gasteiger partial charge in [0.25, 0.3) is 5.91 Å². The molecule has 4 aromatic rings. The van der Waals surface area contributed by atoms with Gasteiger partial charge in [0.15, 0.2) is 5.82 Å². The molecule has 0 atom stereocenters. The highest BCUT2D eigenvalue weighted by Crippen LogP contribution is 2.20. The number of halogens is 1. The molecule has 1 amide bonds. The SMILES string of the molecule is Cc1cccc(NC(=O)c2cccc(Nc3ccc(-c4ccc(F)cc4)nn3)c2)c1. The lowest BCUT2D eigenvalue weighted by Gasteiger charge is -2.09. The zero-order chi connectivity index (χ0) is 20.9. The molecule has 1 aromatic heterocycles. The molecule has 0 aliphatic carbocycles. The number of carbonyl (C=O) groups excluding carboxylic acids is 1. The van der Waals surface area contributed by atoms with Crippen molar-refractivity contribution in [2.45, 2.75) is 6.92 Å². The average molecular weight is 398 g/mol. The van der Waals surface area contributed by atoms with Crippen LogP contribution < -0.4 is 10.6 Å². The zero-order valence-corrected chi connectivity index (χ0v) is 16.3. The summed E-state index contributed by atoms with van der Waals surface area (Å²) >= 11 is 0. The highest BCUT2D eigenvalue weighted by molar-refractivity contribution is 6.04. The smallest absolute Gasteiger partial charge is 0.255 e. The van der Waals surface area contributed by atoms with Crippen molar-refractivity contribution in [3.63, 3.8) is 0 Å². The highest BCUT2D eigenvalue weighted by atomic mass is 19.1. The van der Waals surface area contributed by atoms with Gasteiger partial charge in [-0.05, 0) is 79.2 Å². The van der Waals surface area contributed by atoms with Gasteiger partial charge in [0.2, 0.25) is 0 Å². The molecule has 1 heterocycles. The zero-order valence-electron chi connectivity index (χ0n) is 16.3. The maximum Gasteiger partial charge on any atom is 0.255 e. The normalized spacial score (nSPS) is 10.5. The predicted octanol–water partition coefficient (Wildman–Crippen LogP) is 5.59. The fraction of sp³-hybridized carbons (Fsp3) is 0.0417. The Morgan fingerprint density at radius 3 is 2.33 bits per heavy atom. The number of aromatic nitrogens is 2. The van der Waals surface area contributed by atoms with Crippen LogP contribution in [0.1, 0.15) is 15.9 Å². The summed E-state index contributed by atoms with van der Waals surface area (Å²) in [6, 6.07) is 24.5. The third kappa shape index (κ3) is 4.67. The Labute approximate surface area is 173 Å². The summed E-state index contributed by atoms with van der Waals surface area (Å²) < 4.78 is 13.1. The molecule has 0 unspecified atom stereocenters. The van der Waals surface area contributed by atoms with E-state index in [9.17, 15) is 9.18 Å². The van der Waals surface area contributed by atoms with E-state index in [2.05, 4.69) is 20.8 Å². The van der Waals surface area contributed by atoms with Crippen molar-refractivity contribution in [3.05, 3.63) is 102 Å². The van der Waals surface area contributed by atoms with Crippen LogP contribution >= 0.6 is 0 Å². The molecule has 30 heavy (non-hydrogen) atoms. The van der Waals surface area contributed by atoms with Crippen LogP contribution in [0.4, 0.5) is 21.6 Å². The number of aryl methyl sites for hydroxylation is 1. The molecule has 0 saturated carbocycles. The van der Waals surface area contributed by atoms with Gasteiger partial charge in [0.05, 0.1) is 5.69 Å². The molecule has 0 saturated heterocycles. The van der Waals surface area contributed by atoms with Gasteiger partial charge in [-0.2, -0.15) is 0 Å². The van der Waals surface area contributed by atoms with Crippen molar-refractivity contribution in [1.82, 2.24) is 10.2 Å². The molecule has 6 heteroatoms. The first-order valence-corrected chi connectivity index (χ1v) is 9.42. The van der Waals surface area contributed by atoms with Crippen molar-refractivity contribution in [2.24, 2.45) is 0 Å². The van der Waals surface area contributed by atoms with Crippen molar-refractivity contribution in [3.8, 4) is 11.3 Å². The highest BCUT2D eigenvalue weighted by Gasteiger charge is 2.08. The molecule has 0 fully saturated rings. The molecule has 2 N–H and O–H groups in total. The monoisotopic (exact) mass is 398 g/mol. The molecule has 0 bridgehead atoms. The standard InChI is InChI=1S/C24H19FN4O/c1-16-4-2-6-20(14-16)27-24(30)18-5-3-7-21(15-18)26-23-13-12-22(28-29-23)17-8-10-19(25)11-9-17/h2-15H,1H3,(H,26,29)(H,27,30). The summed E-state index contributed by atoms with van der Waals surface area (Å²) in [4.78, 5) is 12.6. The molecular formula is C24H19FN4O. The molecule has 4 rings (SSSR count). The van der Waals surface area contributed by atoms with Crippen LogP contribution in [-0.2, 0) is 0 Å². The second-order valence-electron chi connectivity index (χ2n) is 6.84. The summed E-state index contributed by atoms with van der Waals surface area (Å²) in [6.07, 6.45) is 0. The fourth-order valence-electron chi connectivity index (χ4n) is 2.99. The van der Waals surface area contributed by atoms with Crippen LogP contribution in [0.25, 0.3) is 11.3 Å². The van der Waals surface area contributed by atoms with E-state index >= 15 is 0 Å². The largest absolute Gasteiger partial charge is 0.339 e. The minimum Gasteiger partial charge on any atom is -0.339 e. The number of benzene rings is 3. The third-order valence-corrected chi connectivity index (χ3v) is 4.48. The van der Waals surface area contributed by atoms with Gasteiger partial charge in [-0.15, -0.1) is 10.2 Å². The van der Waals surface area contributed by atoms with Crippen molar-refractivity contribution in [2.75, 3.05) is 10.6 Å². The summed E-state index contributed by atoms with van der Waals surface area (Å²) in [5.41, 5.74) is 4.50. The Bertz CT molecular complexity index is 1170. The number of hydrogen-bond donors (Lipinski definition) is 2. The maximum absolute atomic E-state index is 13.1. The van der Waals surface area contributed by atoms with Crippen LogP contribution in [0.3, 0.4) is 0 Å². The van der Waals surface area contributed by atoms with Crippen molar-refractivity contribution < 1.29 is 9.18 Å². The maximum atomic E-state index is 13.1. The second kappa shape index (κ2) is 8.53. The summed E-state index contributed by atoms with van der Waals surface area (Å²) in [5.74, 6) is 0.0513. The molecule has 148 valence electrons. The minimum absolute atomic E-state index is 0.193. The van der Waals surface area contributed by atoms with E-state index in [1.807, 2.05) is 37.3 Å². The number of anilines is 3. The Hall–Kier alpha value is -4.06. The number of carbonyl (C=O) groups is 1. The first-order chi connectivity index (χ1) is 14.6. The van der Waals surface area contributed by atoms with Crippen LogP contribution in [0.2, 0.25) is 0 Å². The van der Waals surface area contributed by atoms with E-state index in [0.717, 1.165) is 22.5 Å². The minimum atomic E-state index is -0.295. The summed E-state index contributed by atoms with van der Waals surface area (Å²) in [7, 11) is 0. The van der Waals surface area contributed by atoms with Gasteiger partial charge in [0.1, 0.15) is 5.82 Å². The van der Waals surface area contributed by atoms with Gasteiger partial charge >= 0.3 is 0 Å². The van der Waals surface area contributed by atoms with Gasteiger partial charge in [-0.3, -0.25) is 4.79 Å². The fourth-order valence-corrected chi connectivity index (χ4v) is 2.99. The lowest BCUT2D eigenvalue weighted by atomic mass is 10.1. The Kier molecular flexibility index (Phi) is 5.48. The van der Waals surface area contributed by atoms with Crippen molar-refractivity contribution >= 4 is 23.1 Å². The van der Waals surface area contributed by atoms with Crippen LogP contribution in [0, 0.1) is 12.7 Å². The van der Waals surface area contributed by atoms with E-state index < -0.39 is 0 Å². The third-order valence-electron chi connectivity index (χ3n) is 4.48. The molecule has 0 spiro atoms. The Morgan fingerprint density at radius 1 is 0.833 bits per heavy atom. The lowest BCUT2D eigenvalue weighted by Crippen LogP contribution is -2.12. The van der Waals surface area contributed by atoms with E-state index in [1.165, 1.54) is 12.1 Å². The first kappa shape index (κ1) is 19.3. The summed E-state index contributed by atoms with van der Waals surface area (Å²) in [6.45, 7) is 1.97. The van der Waals surface area contributed by atoms with Gasteiger partial charge < -0.3 is 10.6 Å². The Morgan fingerprint density at radius 2 is 1.60 bits per heavy atom. The molecule has 0 aliphatic heterocycles. The van der Waals surface area contributed by atoms with E-state index in [0.29, 0.717) is 17.1 Å². The quantitative estimate of drug-likeness (QED) is 0.460. The number of rotatable bonds is 5. The van der Waals surface area contributed by atoms with Crippen molar-refractivity contribution in [1.29, 1.82) is 0 Å². The number of amides is 1. The first-order valence-electron chi connectivity index (χ1n) is 9.42. The van der Waals surface area contributed by atoms with Gasteiger partial charge in [0, 0.05) is 22.5 Å². The van der Waals surface area contributed by atoms with Gasteiger partial charge in [-0.25, -0.2) is 4.39 Å². The summed E-state index contributed by atoms with van der Waals surface area (Å²) in [5, 5.41) is 14.4. The Balaban J connectivity index is 1.46. The number of nitrogens with one attached hydrogen (secondary N) is 2. The van der Waals surface area contributed by atoms with Crippen LogP contribution in [0.5, 0.6) is 0 Å². The lowest BCUT2D eigenvalue weighted by molar-refractivity contribution is 0.102. The second-order valence-corrected chi connectivity index (χ2v) is 6.84. The molecule has 5 nitrogen and oxygen atoms in total. The van der Waals surface area contributed by atoms with E-state index in [1.54, 1.807) is 42.5 Å². The number of nitrogens with zero attached hydrogens (tertiary/aromatic N) is 2. The topological polar surface area (TPSA) is 66.9 Å². The molecular weight excluding hydrogens is 379 g/mol. The molecule has 0 aliphatic rings. The van der Waals surface area contributed by atoms with E-state index in [-0.39, 0.29) is 11.7 Å². The molecule has 3 aromatic carbocycles. The number of hydrogen-bond acceptors (Lipinski definition) is 4.